The van der Waals surface area contributed by atoms with Crippen LogP contribution in [0.1, 0.15) is 24.0 Å². The number of urea groups is 1. The molecular weight excluding hydrogens is 401 g/mol. The van der Waals surface area contributed by atoms with Crippen LogP contribution in [0.15, 0.2) is 42.6 Å². The smallest absolute Gasteiger partial charge is 0.422 e. The number of aromatic nitrogens is 1. The molecular formula is C20H21F3N4O3. The van der Waals surface area contributed by atoms with E-state index in [0.29, 0.717) is 18.5 Å². The topological polar surface area (TPSA) is 83.6 Å². The first kappa shape index (κ1) is 21.4. The third-order valence-corrected chi connectivity index (χ3v) is 4.38. The molecule has 30 heavy (non-hydrogen) atoms. The maximum Gasteiger partial charge on any atom is 0.422 e. The maximum absolute atomic E-state index is 12.1. The van der Waals surface area contributed by atoms with Crippen molar-refractivity contribution in [3.8, 4) is 5.88 Å². The molecule has 7 nitrogen and oxygen atoms in total. The number of pyridine rings is 1. The van der Waals surface area contributed by atoms with Gasteiger partial charge in [-0.1, -0.05) is 18.2 Å². The second-order valence-electron chi connectivity index (χ2n) is 6.76. The number of halogens is 3. The third kappa shape index (κ3) is 6.36. The molecule has 0 aliphatic carbocycles. The Hall–Kier alpha value is -3.30. The first-order valence-corrected chi connectivity index (χ1v) is 9.36. The van der Waals surface area contributed by atoms with Crippen LogP contribution in [-0.4, -0.2) is 36.3 Å². The summed E-state index contributed by atoms with van der Waals surface area (Å²) in [5.41, 5.74) is 2.28. The van der Waals surface area contributed by atoms with Crippen LogP contribution >= 0.6 is 0 Å². The fraction of sp³-hybridized carbons (Fsp3) is 0.350. The van der Waals surface area contributed by atoms with E-state index >= 15 is 0 Å². The molecule has 1 aromatic heterocycles. The summed E-state index contributed by atoms with van der Waals surface area (Å²) in [5, 5.41) is 5.37. The first-order chi connectivity index (χ1) is 14.3. The molecule has 10 heteroatoms. The molecule has 1 fully saturated rings. The van der Waals surface area contributed by atoms with E-state index in [1.807, 2.05) is 24.3 Å². The second-order valence-corrected chi connectivity index (χ2v) is 6.76. The summed E-state index contributed by atoms with van der Waals surface area (Å²) in [6, 6.07) is 9.85. The van der Waals surface area contributed by atoms with Crippen LogP contribution in [0.4, 0.5) is 23.7 Å². The number of anilines is 1. The molecule has 0 radical (unpaired) electrons. The summed E-state index contributed by atoms with van der Waals surface area (Å²) in [6.45, 7) is -0.276. The zero-order valence-corrected chi connectivity index (χ0v) is 16.0. The highest BCUT2D eigenvalue weighted by molar-refractivity contribution is 5.95. The highest BCUT2D eigenvalue weighted by Gasteiger charge is 2.28. The lowest BCUT2D eigenvalue weighted by molar-refractivity contribution is -0.154. The summed E-state index contributed by atoms with van der Waals surface area (Å²) in [4.78, 5) is 29.4. The van der Waals surface area contributed by atoms with E-state index in [1.165, 1.54) is 18.3 Å². The van der Waals surface area contributed by atoms with E-state index in [0.717, 1.165) is 17.7 Å². The summed E-state index contributed by atoms with van der Waals surface area (Å²) in [6.07, 6.45) is -1.70. The number of hydrogen-bond acceptors (Lipinski definition) is 4. The highest BCUT2D eigenvalue weighted by atomic mass is 19.4. The van der Waals surface area contributed by atoms with E-state index in [9.17, 15) is 22.8 Å². The lowest BCUT2D eigenvalue weighted by atomic mass is 10.2. The molecule has 2 aromatic rings. The van der Waals surface area contributed by atoms with Gasteiger partial charge in [0.05, 0.1) is 0 Å². The van der Waals surface area contributed by atoms with E-state index < -0.39 is 18.8 Å². The summed E-state index contributed by atoms with van der Waals surface area (Å²) < 4.78 is 40.9. The number of rotatable bonds is 7. The molecule has 2 heterocycles. The van der Waals surface area contributed by atoms with Gasteiger partial charge in [-0.05, 0) is 29.7 Å². The predicted octanol–water partition coefficient (Wildman–Crippen LogP) is 3.15. The Labute approximate surface area is 171 Å². The van der Waals surface area contributed by atoms with Gasteiger partial charge in [0.1, 0.15) is 0 Å². The van der Waals surface area contributed by atoms with Crippen LogP contribution in [0, 0.1) is 0 Å². The number of carbonyl (C=O) groups is 2. The number of carbonyl (C=O) groups excluding carboxylic acids is 2. The molecule has 160 valence electrons. The van der Waals surface area contributed by atoms with Gasteiger partial charge in [0, 0.05) is 44.0 Å². The molecule has 1 aliphatic rings. The number of benzene rings is 1. The molecule has 0 spiro atoms. The Bertz CT molecular complexity index is 888. The molecule has 1 aromatic carbocycles. The molecule has 0 saturated carbocycles. The minimum atomic E-state index is -4.43. The third-order valence-electron chi connectivity index (χ3n) is 4.38. The Morgan fingerprint density at radius 1 is 1.13 bits per heavy atom. The SMILES string of the molecule is O=C(NCc1ccc(OCC(F)(F)F)nc1)NCc1cccc(N2CCCC2=O)c1. The Morgan fingerprint density at radius 2 is 1.90 bits per heavy atom. The Morgan fingerprint density at radius 3 is 2.53 bits per heavy atom. The van der Waals surface area contributed by atoms with Gasteiger partial charge in [0.2, 0.25) is 11.8 Å². The number of ether oxygens (including phenoxy) is 1. The van der Waals surface area contributed by atoms with Crippen LogP contribution in [0.5, 0.6) is 5.88 Å². The molecule has 1 saturated heterocycles. The monoisotopic (exact) mass is 422 g/mol. The van der Waals surface area contributed by atoms with Gasteiger partial charge in [-0.15, -0.1) is 0 Å². The first-order valence-electron chi connectivity index (χ1n) is 9.36. The van der Waals surface area contributed by atoms with Crippen LogP contribution < -0.4 is 20.3 Å². The molecule has 0 bridgehead atoms. The van der Waals surface area contributed by atoms with E-state index in [1.54, 1.807) is 4.90 Å². The van der Waals surface area contributed by atoms with Crippen molar-refractivity contribution in [2.45, 2.75) is 32.1 Å². The molecule has 3 rings (SSSR count). The second kappa shape index (κ2) is 9.47. The van der Waals surface area contributed by atoms with Crippen molar-refractivity contribution in [2.24, 2.45) is 0 Å². The van der Waals surface area contributed by atoms with Gasteiger partial charge in [0.15, 0.2) is 6.61 Å². The lowest BCUT2D eigenvalue weighted by Crippen LogP contribution is -2.34. The quantitative estimate of drug-likeness (QED) is 0.718. The van der Waals surface area contributed by atoms with Crippen molar-refractivity contribution in [3.05, 3.63) is 53.7 Å². The van der Waals surface area contributed by atoms with Crippen LogP contribution in [-0.2, 0) is 17.9 Å². The van der Waals surface area contributed by atoms with Gasteiger partial charge in [-0.3, -0.25) is 4.79 Å². The van der Waals surface area contributed by atoms with Crippen molar-refractivity contribution in [2.75, 3.05) is 18.1 Å². The molecule has 0 unspecified atom stereocenters. The summed E-state index contributed by atoms with van der Waals surface area (Å²) >= 11 is 0. The van der Waals surface area contributed by atoms with Gasteiger partial charge >= 0.3 is 12.2 Å². The van der Waals surface area contributed by atoms with Crippen molar-refractivity contribution in [1.29, 1.82) is 0 Å². The Balaban J connectivity index is 1.43. The van der Waals surface area contributed by atoms with Gasteiger partial charge in [0.25, 0.3) is 0 Å². The van der Waals surface area contributed by atoms with Gasteiger partial charge in [-0.2, -0.15) is 13.2 Å². The zero-order valence-electron chi connectivity index (χ0n) is 16.0. The van der Waals surface area contributed by atoms with E-state index in [4.69, 9.17) is 0 Å². The largest absolute Gasteiger partial charge is 0.468 e. The zero-order chi connectivity index (χ0) is 21.6. The summed E-state index contributed by atoms with van der Waals surface area (Å²) in [7, 11) is 0. The minimum absolute atomic E-state index is 0.0984. The summed E-state index contributed by atoms with van der Waals surface area (Å²) in [5.74, 6) is -0.0434. The molecule has 3 amide bonds. The van der Waals surface area contributed by atoms with Gasteiger partial charge < -0.3 is 20.3 Å². The molecule has 2 N–H and O–H groups in total. The number of nitrogens with one attached hydrogen (secondary N) is 2. The van der Waals surface area contributed by atoms with E-state index in [-0.39, 0.29) is 24.9 Å². The lowest BCUT2D eigenvalue weighted by Gasteiger charge is -2.16. The van der Waals surface area contributed by atoms with Crippen LogP contribution in [0.3, 0.4) is 0 Å². The number of hydrogen-bond donors (Lipinski definition) is 2. The highest BCUT2D eigenvalue weighted by Crippen LogP contribution is 2.22. The fourth-order valence-corrected chi connectivity index (χ4v) is 2.94. The molecule has 0 atom stereocenters. The normalized spacial score (nSPS) is 14.0. The minimum Gasteiger partial charge on any atom is -0.468 e. The van der Waals surface area contributed by atoms with Crippen molar-refractivity contribution in [3.63, 3.8) is 0 Å². The van der Waals surface area contributed by atoms with Crippen LogP contribution in [0.25, 0.3) is 0 Å². The van der Waals surface area contributed by atoms with Gasteiger partial charge in [-0.25, -0.2) is 9.78 Å². The maximum atomic E-state index is 12.1. The van der Waals surface area contributed by atoms with Crippen molar-refractivity contribution in [1.82, 2.24) is 15.6 Å². The number of amides is 3. The number of alkyl halides is 3. The van der Waals surface area contributed by atoms with Crippen molar-refractivity contribution >= 4 is 17.6 Å². The Kier molecular flexibility index (Phi) is 6.76. The van der Waals surface area contributed by atoms with E-state index in [2.05, 4.69) is 20.4 Å². The predicted molar refractivity (Wildman–Crippen MR) is 103 cm³/mol. The van der Waals surface area contributed by atoms with Crippen LogP contribution in [0.2, 0.25) is 0 Å². The average Bonchev–Trinajstić information content (AvgIpc) is 3.15. The average molecular weight is 422 g/mol. The van der Waals surface area contributed by atoms with Crippen molar-refractivity contribution < 1.29 is 27.5 Å². The molecule has 1 aliphatic heterocycles. The number of nitrogens with zero attached hydrogens (tertiary/aromatic N) is 2. The fourth-order valence-electron chi connectivity index (χ4n) is 2.94. The standard InChI is InChI=1S/C20H21F3N4O3/c21-20(22,23)13-30-17-7-6-15(11-24-17)12-26-19(29)25-10-14-3-1-4-16(9-14)27-8-2-5-18(27)28/h1,3-4,6-7,9,11H,2,5,8,10,12-13H2,(H2,25,26,29).